The van der Waals surface area contributed by atoms with Gasteiger partial charge in [0.1, 0.15) is 5.82 Å². The van der Waals surface area contributed by atoms with E-state index in [1.807, 2.05) is 23.5 Å². The van der Waals surface area contributed by atoms with Crippen molar-refractivity contribution in [1.82, 2.24) is 5.32 Å². The maximum absolute atomic E-state index is 13.0. The Morgan fingerprint density at radius 1 is 1.14 bits per heavy atom. The van der Waals surface area contributed by atoms with E-state index < -0.39 is 0 Å². The Morgan fingerprint density at radius 3 is 2.52 bits per heavy atom. The van der Waals surface area contributed by atoms with Crippen molar-refractivity contribution in [1.29, 1.82) is 0 Å². The number of aryl methyl sites for hydroxylation is 1. The molecule has 21 heavy (non-hydrogen) atoms. The quantitative estimate of drug-likeness (QED) is 0.747. The van der Waals surface area contributed by atoms with E-state index >= 15 is 0 Å². The number of benzene rings is 1. The number of hydrogen-bond acceptors (Lipinski definition) is 2. The number of thiophene rings is 1. The molecule has 0 saturated heterocycles. The van der Waals surface area contributed by atoms with Gasteiger partial charge in [-0.05, 0) is 60.9 Å². The SMILES string of the molecule is CC(C)NCC(CCc1cccs1)Cc1ccc(F)cc1. The van der Waals surface area contributed by atoms with Gasteiger partial charge in [0.15, 0.2) is 0 Å². The van der Waals surface area contributed by atoms with Crippen LogP contribution in [0.15, 0.2) is 41.8 Å². The highest BCUT2D eigenvalue weighted by Gasteiger charge is 2.11. The van der Waals surface area contributed by atoms with Gasteiger partial charge in [-0.15, -0.1) is 11.3 Å². The minimum atomic E-state index is -0.158. The van der Waals surface area contributed by atoms with Gasteiger partial charge >= 0.3 is 0 Å². The Bertz CT molecular complexity index is 505. The van der Waals surface area contributed by atoms with Gasteiger partial charge in [0, 0.05) is 10.9 Å². The van der Waals surface area contributed by atoms with Gasteiger partial charge in [-0.3, -0.25) is 0 Å². The Balaban J connectivity index is 1.92. The van der Waals surface area contributed by atoms with Gasteiger partial charge in [-0.1, -0.05) is 32.0 Å². The van der Waals surface area contributed by atoms with E-state index in [9.17, 15) is 4.39 Å². The molecule has 0 aliphatic carbocycles. The molecule has 1 unspecified atom stereocenters. The summed E-state index contributed by atoms with van der Waals surface area (Å²) in [6.07, 6.45) is 3.30. The average Bonchev–Trinajstić information content (AvgIpc) is 2.97. The van der Waals surface area contributed by atoms with Gasteiger partial charge < -0.3 is 5.32 Å². The summed E-state index contributed by atoms with van der Waals surface area (Å²) in [7, 11) is 0. The summed E-state index contributed by atoms with van der Waals surface area (Å²) in [5.41, 5.74) is 1.22. The first-order chi connectivity index (χ1) is 10.1. The lowest BCUT2D eigenvalue weighted by Gasteiger charge is -2.19. The van der Waals surface area contributed by atoms with Crippen LogP contribution in [0.5, 0.6) is 0 Å². The summed E-state index contributed by atoms with van der Waals surface area (Å²) < 4.78 is 13.0. The van der Waals surface area contributed by atoms with Gasteiger partial charge in [-0.2, -0.15) is 0 Å². The summed E-state index contributed by atoms with van der Waals surface area (Å²) in [6, 6.07) is 11.7. The zero-order valence-corrected chi connectivity index (χ0v) is 13.6. The summed E-state index contributed by atoms with van der Waals surface area (Å²) in [5.74, 6) is 0.425. The molecule has 0 radical (unpaired) electrons. The summed E-state index contributed by atoms with van der Waals surface area (Å²) in [4.78, 5) is 1.45. The van der Waals surface area contributed by atoms with Crippen LogP contribution < -0.4 is 5.32 Å². The molecule has 0 aliphatic rings. The normalized spacial score (nSPS) is 12.8. The molecule has 3 heteroatoms. The fourth-order valence-corrected chi connectivity index (χ4v) is 3.16. The van der Waals surface area contributed by atoms with Crippen LogP contribution >= 0.6 is 11.3 Å². The van der Waals surface area contributed by atoms with E-state index in [2.05, 4.69) is 36.7 Å². The van der Waals surface area contributed by atoms with Gasteiger partial charge in [0.25, 0.3) is 0 Å². The molecule has 2 aromatic rings. The highest BCUT2D eigenvalue weighted by atomic mass is 32.1. The van der Waals surface area contributed by atoms with Crippen LogP contribution in [0, 0.1) is 11.7 Å². The molecule has 0 fully saturated rings. The second-order valence-electron chi connectivity index (χ2n) is 5.88. The molecule has 1 aromatic heterocycles. The van der Waals surface area contributed by atoms with Crippen LogP contribution in [0.2, 0.25) is 0 Å². The Morgan fingerprint density at radius 2 is 1.90 bits per heavy atom. The second-order valence-corrected chi connectivity index (χ2v) is 6.91. The van der Waals surface area contributed by atoms with Crippen molar-refractivity contribution in [2.24, 2.45) is 5.92 Å². The molecule has 0 bridgehead atoms. The monoisotopic (exact) mass is 305 g/mol. The second kappa shape index (κ2) is 8.30. The highest BCUT2D eigenvalue weighted by molar-refractivity contribution is 7.09. The average molecular weight is 305 g/mol. The van der Waals surface area contributed by atoms with Gasteiger partial charge in [0.05, 0.1) is 0 Å². The van der Waals surface area contributed by atoms with E-state index in [4.69, 9.17) is 0 Å². The molecule has 0 spiro atoms. The molecule has 1 aromatic carbocycles. The van der Waals surface area contributed by atoms with Crippen LogP contribution in [0.3, 0.4) is 0 Å². The molecule has 1 N–H and O–H groups in total. The molecule has 0 saturated carbocycles. The summed E-state index contributed by atoms with van der Waals surface area (Å²) in [6.45, 7) is 5.36. The maximum Gasteiger partial charge on any atom is 0.123 e. The number of rotatable bonds is 8. The molecule has 1 nitrogen and oxygen atoms in total. The standard InChI is InChI=1S/C18H24FNS/c1-14(2)20-13-16(7-10-18-4-3-11-21-18)12-15-5-8-17(19)9-6-15/h3-6,8-9,11,14,16,20H,7,10,12-13H2,1-2H3. The summed E-state index contributed by atoms with van der Waals surface area (Å²) in [5, 5.41) is 5.67. The van der Waals surface area contributed by atoms with Crippen molar-refractivity contribution in [3.05, 3.63) is 58.0 Å². The lowest BCUT2D eigenvalue weighted by atomic mass is 9.94. The first kappa shape index (κ1) is 16.2. The molecule has 0 amide bonds. The van der Waals surface area contributed by atoms with Crippen LogP contribution in [0.25, 0.3) is 0 Å². The van der Waals surface area contributed by atoms with Gasteiger partial charge in [0.2, 0.25) is 0 Å². The third-order valence-electron chi connectivity index (χ3n) is 3.63. The zero-order valence-electron chi connectivity index (χ0n) is 12.8. The lowest BCUT2D eigenvalue weighted by molar-refractivity contribution is 0.423. The van der Waals surface area contributed by atoms with Crippen LogP contribution in [0.1, 0.15) is 30.7 Å². The summed E-state index contributed by atoms with van der Waals surface area (Å²) >= 11 is 1.83. The van der Waals surface area contributed by atoms with E-state index in [0.29, 0.717) is 12.0 Å². The topological polar surface area (TPSA) is 12.0 Å². The molecule has 114 valence electrons. The van der Waals surface area contributed by atoms with E-state index in [-0.39, 0.29) is 5.82 Å². The Labute approximate surface area is 131 Å². The molecular formula is C18H24FNS. The molecule has 2 rings (SSSR count). The first-order valence-electron chi connectivity index (χ1n) is 7.63. The van der Waals surface area contributed by atoms with E-state index in [0.717, 1.165) is 25.8 Å². The first-order valence-corrected chi connectivity index (χ1v) is 8.51. The molecule has 1 atom stereocenters. The third-order valence-corrected chi connectivity index (χ3v) is 4.57. The predicted octanol–water partition coefficient (Wildman–Crippen LogP) is 4.68. The Hall–Kier alpha value is -1.19. The van der Waals surface area contributed by atoms with Crippen molar-refractivity contribution < 1.29 is 4.39 Å². The molecule has 1 heterocycles. The smallest absolute Gasteiger partial charge is 0.123 e. The third kappa shape index (κ3) is 5.98. The minimum Gasteiger partial charge on any atom is -0.314 e. The van der Waals surface area contributed by atoms with Crippen LogP contribution in [-0.2, 0) is 12.8 Å². The van der Waals surface area contributed by atoms with Crippen molar-refractivity contribution in [3.63, 3.8) is 0 Å². The largest absolute Gasteiger partial charge is 0.314 e. The fraction of sp³-hybridized carbons (Fsp3) is 0.444. The predicted molar refractivity (Wildman–Crippen MR) is 89.4 cm³/mol. The number of halogens is 1. The lowest BCUT2D eigenvalue weighted by Crippen LogP contribution is -2.30. The number of hydrogen-bond donors (Lipinski definition) is 1. The van der Waals surface area contributed by atoms with Crippen molar-refractivity contribution in [2.45, 2.75) is 39.2 Å². The van der Waals surface area contributed by atoms with Gasteiger partial charge in [-0.25, -0.2) is 4.39 Å². The van der Waals surface area contributed by atoms with E-state index in [1.165, 1.54) is 10.4 Å². The zero-order chi connectivity index (χ0) is 15.1. The van der Waals surface area contributed by atoms with E-state index in [1.54, 1.807) is 12.1 Å². The van der Waals surface area contributed by atoms with Crippen molar-refractivity contribution >= 4 is 11.3 Å². The van der Waals surface area contributed by atoms with Crippen molar-refractivity contribution in [3.8, 4) is 0 Å². The highest BCUT2D eigenvalue weighted by Crippen LogP contribution is 2.18. The fourth-order valence-electron chi connectivity index (χ4n) is 2.43. The van der Waals surface area contributed by atoms with Crippen molar-refractivity contribution in [2.75, 3.05) is 6.54 Å². The van der Waals surface area contributed by atoms with Crippen LogP contribution in [-0.4, -0.2) is 12.6 Å². The number of nitrogens with one attached hydrogen (secondary N) is 1. The Kier molecular flexibility index (Phi) is 6.40. The maximum atomic E-state index is 13.0. The van der Waals surface area contributed by atoms with Crippen LogP contribution in [0.4, 0.5) is 4.39 Å². The molecular weight excluding hydrogens is 281 g/mol. The molecule has 0 aliphatic heterocycles. The minimum absolute atomic E-state index is 0.158.